The first-order chi connectivity index (χ1) is 11.7. The highest BCUT2D eigenvalue weighted by atomic mass is 79.9. The fourth-order valence-electron chi connectivity index (χ4n) is 2.85. The van der Waals surface area contributed by atoms with E-state index in [4.69, 9.17) is 0 Å². The van der Waals surface area contributed by atoms with Gasteiger partial charge in [0.1, 0.15) is 0 Å². The molecular formula is C19H22BrN3O. The molecule has 2 amide bonds. The SMILES string of the molecule is CCc1ccc(N2CCN(C(=O)Nc3ccc(Br)cc3)CC2)cc1. The minimum absolute atomic E-state index is 0.0293. The normalized spacial score (nSPS) is 14.6. The maximum atomic E-state index is 12.4. The number of piperazine rings is 1. The molecule has 0 unspecified atom stereocenters. The van der Waals surface area contributed by atoms with E-state index in [1.165, 1.54) is 11.3 Å². The van der Waals surface area contributed by atoms with Crippen LogP contribution in [-0.4, -0.2) is 37.1 Å². The Morgan fingerprint density at radius 3 is 2.21 bits per heavy atom. The largest absolute Gasteiger partial charge is 0.368 e. The van der Waals surface area contributed by atoms with E-state index in [0.717, 1.165) is 42.8 Å². The number of hydrogen-bond acceptors (Lipinski definition) is 2. The maximum absolute atomic E-state index is 12.4. The fourth-order valence-corrected chi connectivity index (χ4v) is 3.11. The van der Waals surface area contributed by atoms with Gasteiger partial charge in [-0.25, -0.2) is 4.79 Å². The van der Waals surface area contributed by atoms with Crippen LogP contribution in [-0.2, 0) is 6.42 Å². The Hall–Kier alpha value is -2.01. The number of nitrogens with zero attached hydrogens (tertiary/aromatic N) is 2. The molecule has 0 saturated carbocycles. The number of urea groups is 1. The van der Waals surface area contributed by atoms with Crippen LogP contribution in [0.25, 0.3) is 0 Å². The summed E-state index contributed by atoms with van der Waals surface area (Å²) in [5, 5.41) is 2.96. The standard InChI is InChI=1S/C19H22BrN3O/c1-2-15-3-9-18(10-4-15)22-11-13-23(14-12-22)19(24)21-17-7-5-16(20)6-8-17/h3-10H,2,11-14H2,1H3,(H,21,24). The third-order valence-corrected chi connectivity index (χ3v) is 4.90. The lowest BCUT2D eigenvalue weighted by molar-refractivity contribution is 0.208. The lowest BCUT2D eigenvalue weighted by atomic mass is 10.1. The van der Waals surface area contributed by atoms with Gasteiger partial charge >= 0.3 is 6.03 Å². The van der Waals surface area contributed by atoms with Crippen molar-refractivity contribution < 1.29 is 4.79 Å². The van der Waals surface area contributed by atoms with E-state index >= 15 is 0 Å². The van der Waals surface area contributed by atoms with Gasteiger partial charge in [0.15, 0.2) is 0 Å². The number of halogens is 1. The number of anilines is 2. The maximum Gasteiger partial charge on any atom is 0.321 e. The van der Waals surface area contributed by atoms with E-state index in [1.807, 2.05) is 29.2 Å². The molecule has 0 aromatic heterocycles. The second-order valence-electron chi connectivity index (χ2n) is 5.93. The first-order valence-corrected chi connectivity index (χ1v) is 9.10. The van der Waals surface area contributed by atoms with Gasteiger partial charge in [0.25, 0.3) is 0 Å². The fraction of sp³-hybridized carbons (Fsp3) is 0.316. The molecule has 1 fully saturated rings. The number of rotatable bonds is 3. The molecule has 1 saturated heterocycles. The van der Waals surface area contributed by atoms with Crippen LogP contribution in [0.1, 0.15) is 12.5 Å². The predicted molar refractivity (Wildman–Crippen MR) is 103 cm³/mol. The topological polar surface area (TPSA) is 35.6 Å². The zero-order valence-corrected chi connectivity index (χ0v) is 15.4. The summed E-state index contributed by atoms with van der Waals surface area (Å²) in [6.45, 7) is 5.35. The van der Waals surface area contributed by atoms with E-state index in [-0.39, 0.29) is 6.03 Å². The number of nitrogens with one attached hydrogen (secondary N) is 1. The Bertz CT molecular complexity index is 677. The summed E-state index contributed by atoms with van der Waals surface area (Å²) >= 11 is 3.40. The Balaban J connectivity index is 1.54. The number of aryl methyl sites for hydroxylation is 1. The quantitative estimate of drug-likeness (QED) is 0.848. The van der Waals surface area contributed by atoms with Crippen LogP contribution in [0.2, 0.25) is 0 Å². The van der Waals surface area contributed by atoms with E-state index in [2.05, 4.69) is 57.3 Å². The van der Waals surface area contributed by atoms with E-state index in [0.29, 0.717) is 0 Å². The van der Waals surface area contributed by atoms with Gasteiger partial charge in [-0.3, -0.25) is 0 Å². The number of benzene rings is 2. The number of hydrogen-bond donors (Lipinski definition) is 1. The molecule has 0 bridgehead atoms. The molecule has 0 radical (unpaired) electrons. The van der Waals surface area contributed by atoms with Crippen molar-refractivity contribution in [3.05, 3.63) is 58.6 Å². The van der Waals surface area contributed by atoms with Crippen molar-refractivity contribution >= 4 is 33.3 Å². The van der Waals surface area contributed by atoms with Crippen LogP contribution >= 0.6 is 15.9 Å². The Morgan fingerprint density at radius 2 is 1.62 bits per heavy atom. The molecular weight excluding hydrogens is 366 g/mol. The van der Waals surface area contributed by atoms with Gasteiger partial charge in [-0.1, -0.05) is 35.0 Å². The van der Waals surface area contributed by atoms with Crippen molar-refractivity contribution in [3.63, 3.8) is 0 Å². The highest BCUT2D eigenvalue weighted by molar-refractivity contribution is 9.10. The van der Waals surface area contributed by atoms with Crippen LogP contribution < -0.4 is 10.2 Å². The van der Waals surface area contributed by atoms with E-state index in [1.54, 1.807) is 0 Å². The molecule has 1 N–H and O–H groups in total. The lowest BCUT2D eigenvalue weighted by Crippen LogP contribution is -2.50. The number of carbonyl (C=O) groups is 1. The van der Waals surface area contributed by atoms with Crippen molar-refractivity contribution in [3.8, 4) is 0 Å². The van der Waals surface area contributed by atoms with Gasteiger partial charge in [-0.15, -0.1) is 0 Å². The lowest BCUT2D eigenvalue weighted by Gasteiger charge is -2.36. The second-order valence-corrected chi connectivity index (χ2v) is 6.85. The monoisotopic (exact) mass is 387 g/mol. The zero-order chi connectivity index (χ0) is 16.9. The third kappa shape index (κ3) is 4.09. The minimum Gasteiger partial charge on any atom is -0.368 e. The Labute approximate surface area is 151 Å². The van der Waals surface area contributed by atoms with E-state index in [9.17, 15) is 4.79 Å². The molecule has 24 heavy (non-hydrogen) atoms. The number of carbonyl (C=O) groups excluding carboxylic acids is 1. The molecule has 1 aliphatic heterocycles. The van der Waals surface area contributed by atoms with Gasteiger partial charge in [-0.2, -0.15) is 0 Å². The first-order valence-electron chi connectivity index (χ1n) is 8.31. The smallest absolute Gasteiger partial charge is 0.321 e. The average molecular weight is 388 g/mol. The Kier molecular flexibility index (Phi) is 5.41. The third-order valence-electron chi connectivity index (χ3n) is 4.37. The molecule has 0 atom stereocenters. The van der Waals surface area contributed by atoms with Crippen molar-refractivity contribution in [2.24, 2.45) is 0 Å². The van der Waals surface area contributed by atoms with Crippen molar-refractivity contribution in [1.82, 2.24) is 4.90 Å². The summed E-state index contributed by atoms with van der Waals surface area (Å²) in [5.41, 5.74) is 3.41. The average Bonchev–Trinajstić information content (AvgIpc) is 2.64. The zero-order valence-electron chi connectivity index (χ0n) is 13.8. The molecule has 0 aliphatic carbocycles. The molecule has 5 heteroatoms. The molecule has 1 heterocycles. The molecule has 3 rings (SSSR count). The molecule has 0 spiro atoms. The summed E-state index contributed by atoms with van der Waals surface area (Å²) in [4.78, 5) is 16.6. The molecule has 4 nitrogen and oxygen atoms in total. The Morgan fingerprint density at radius 1 is 1.00 bits per heavy atom. The minimum atomic E-state index is -0.0293. The van der Waals surface area contributed by atoms with E-state index < -0.39 is 0 Å². The van der Waals surface area contributed by atoms with Crippen LogP contribution in [0.4, 0.5) is 16.2 Å². The summed E-state index contributed by atoms with van der Waals surface area (Å²) in [5.74, 6) is 0. The van der Waals surface area contributed by atoms with Gasteiger partial charge < -0.3 is 15.1 Å². The van der Waals surface area contributed by atoms with Gasteiger partial charge in [0.05, 0.1) is 0 Å². The predicted octanol–water partition coefficient (Wildman–Crippen LogP) is 4.37. The molecule has 1 aliphatic rings. The first kappa shape index (κ1) is 16.8. The van der Waals surface area contributed by atoms with Crippen molar-refractivity contribution in [2.45, 2.75) is 13.3 Å². The summed E-state index contributed by atoms with van der Waals surface area (Å²) < 4.78 is 1.00. The van der Waals surface area contributed by atoms with Crippen LogP contribution in [0, 0.1) is 0 Å². The highest BCUT2D eigenvalue weighted by Crippen LogP contribution is 2.19. The highest BCUT2D eigenvalue weighted by Gasteiger charge is 2.21. The van der Waals surface area contributed by atoms with Gasteiger partial charge in [0, 0.05) is 42.0 Å². The van der Waals surface area contributed by atoms with Crippen LogP contribution in [0.3, 0.4) is 0 Å². The summed E-state index contributed by atoms with van der Waals surface area (Å²) in [6, 6.07) is 16.3. The molecule has 126 valence electrons. The van der Waals surface area contributed by atoms with Gasteiger partial charge in [0.2, 0.25) is 0 Å². The van der Waals surface area contributed by atoms with Crippen LogP contribution in [0.5, 0.6) is 0 Å². The van der Waals surface area contributed by atoms with Crippen LogP contribution in [0.15, 0.2) is 53.0 Å². The summed E-state index contributed by atoms with van der Waals surface area (Å²) in [7, 11) is 0. The van der Waals surface area contributed by atoms with Crippen molar-refractivity contribution in [1.29, 1.82) is 0 Å². The summed E-state index contributed by atoms with van der Waals surface area (Å²) in [6.07, 6.45) is 1.06. The van der Waals surface area contributed by atoms with Crippen molar-refractivity contribution in [2.75, 3.05) is 36.4 Å². The van der Waals surface area contributed by atoms with Gasteiger partial charge in [-0.05, 0) is 48.4 Å². The number of amides is 2. The molecule has 2 aromatic rings. The second kappa shape index (κ2) is 7.71. The molecule has 2 aromatic carbocycles.